The summed E-state index contributed by atoms with van der Waals surface area (Å²) in [5.74, 6) is -0.429. The number of nitrogens with one attached hydrogen (secondary N) is 1. The number of halogens is 3. The van der Waals surface area contributed by atoms with Gasteiger partial charge in [0.2, 0.25) is 5.88 Å². The Balaban J connectivity index is 2.08. The Labute approximate surface area is 172 Å². The van der Waals surface area contributed by atoms with Crippen LogP contribution >= 0.6 is 11.8 Å². The topological polar surface area (TPSA) is 115 Å². The maximum absolute atomic E-state index is 13.1. The lowest BCUT2D eigenvalue weighted by molar-refractivity contribution is -0.0328. The van der Waals surface area contributed by atoms with E-state index in [1.807, 2.05) is 0 Å². The molecule has 0 spiro atoms. The van der Waals surface area contributed by atoms with Gasteiger partial charge in [0.25, 0.3) is 0 Å². The number of alkyl halides is 3. The third-order valence-electron chi connectivity index (χ3n) is 4.18. The fourth-order valence-corrected chi connectivity index (χ4v) is 3.46. The molecule has 30 heavy (non-hydrogen) atoms. The highest BCUT2D eigenvalue weighted by molar-refractivity contribution is 8.00. The van der Waals surface area contributed by atoms with Crippen LogP contribution in [-0.2, 0) is 0 Å². The maximum Gasteiger partial charge on any atom is 0.446 e. The number of carbonyl (C=O) groups is 1. The fourth-order valence-electron chi connectivity index (χ4n) is 2.92. The second kappa shape index (κ2) is 8.14. The monoisotopic (exact) mass is 439 g/mol. The molecule has 0 aliphatic rings. The van der Waals surface area contributed by atoms with E-state index in [0.29, 0.717) is 5.56 Å². The Bertz CT molecular complexity index is 1110. The molecule has 2 amide bonds. The smallest absolute Gasteiger partial charge is 0.446 e. The van der Waals surface area contributed by atoms with Crippen LogP contribution in [0.25, 0.3) is 5.69 Å². The zero-order chi connectivity index (χ0) is 22.1. The molecule has 8 nitrogen and oxygen atoms in total. The molecule has 0 saturated heterocycles. The van der Waals surface area contributed by atoms with Crippen molar-refractivity contribution < 1.29 is 23.1 Å². The molecule has 0 saturated carbocycles. The van der Waals surface area contributed by atoms with Gasteiger partial charge in [0.05, 0.1) is 11.4 Å². The normalized spacial score (nSPS) is 12.5. The van der Waals surface area contributed by atoms with E-state index in [0.717, 1.165) is 9.13 Å². The lowest BCUT2D eigenvalue weighted by Crippen LogP contribution is -2.41. The molecule has 0 radical (unpaired) electrons. The number of hydrogen-bond acceptors (Lipinski definition) is 5. The summed E-state index contributed by atoms with van der Waals surface area (Å²) in [5.41, 5.74) is 0.817. The van der Waals surface area contributed by atoms with Gasteiger partial charge in [-0.2, -0.15) is 13.2 Å². The quantitative estimate of drug-likeness (QED) is 0.529. The largest absolute Gasteiger partial charge is 0.493 e. The average molecular weight is 439 g/mol. The van der Waals surface area contributed by atoms with Crippen LogP contribution in [0, 0.1) is 6.92 Å². The Morgan fingerprint density at radius 3 is 2.33 bits per heavy atom. The lowest BCUT2D eigenvalue weighted by Gasteiger charge is -2.19. The highest BCUT2D eigenvalue weighted by Gasteiger charge is 2.29. The predicted molar refractivity (Wildman–Crippen MR) is 103 cm³/mol. The Kier molecular flexibility index (Phi) is 5.78. The van der Waals surface area contributed by atoms with Crippen molar-refractivity contribution in [2.24, 2.45) is 5.73 Å². The van der Waals surface area contributed by atoms with Crippen LogP contribution in [0.4, 0.5) is 18.0 Å². The molecular weight excluding hydrogens is 423 g/mol. The number of rotatable bonds is 5. The van der Waals surface area contributed by atoms with E-state index in [4.69, 9.17) is 5.73 Å². The van der Waals surface area contributed by atoms with Crippen molar-refractivity contribution in [3.8, 4) is 11.6 Å². The highest BCUT2D eigenvalue weighted by atomic mass is 32.2. The van der Waals surface area contributed by atoms with Gasteiger partial charge < -0.3 is 16.2 Å². The summed E-state index contributed by atoms with van der Waals surface area (Å²) >= 11 is -0.292. The first-order chi connectivity index (χ1) is 14.1. The number of amides is 2. The maximum atomic E-state index is 13.1. The molecule has 0 bridgehead atoms. The van der Waals surface area contributed by atoms with Gasteiger partial charge in [-0.3, -0.25) is 9.55 Å². The summed E-state index contributed by atoms with van der Waals surface area (Å²) in [6, 6.07) is 7.16. The van der Waals surface area contributed by atoms with Crippen LogP contribution in [0.15, 0.2) is 58.5 Å². The van der Waals surface area contributed by atoms with Gasteiger partial charge in [0.1, 0.15) is 6.17 Å². The third kappa shape index (κ3) is 4.43. The molecule has 1 unspecified atom stereocenters. The number of hydrogen-bond donors (Lipinski definition) is 3. The Morgan fingerprint density at radius 2 is 1.80 bits per heavy atom. The van der Waals surface area contributed by atoms with Crippen LogP contribution < -0.4 is 16.7 Å². The number of pyridine rings is 1. The van der Waals surface area contributed by atoms with Crippen LogP contribution in [0.1, 0.15) is 17.4 Å². The number of urea groups is 1. The zero-order valence-electron chi connectivity index (χ0n) is 15.4. The summed E-state index contributed by atoms with van der Waals surface area (Å²) in [5, 5.41) is 13.0. The molecule has 0 aliphatic carbocycles. The van der Waals surface area contributed by atoms with E-state index in [1.165, 1.54) is 43.6 Å². The first-order valence-electron chi connectivity index (χ1n) is 8.43. The van der Waals surface area contributed by atoms with E-state index in [-0.39, 0.29) is 28.0 Å². The molecule has 3 aromatic rings. The minimum absolute atomic E-state index is 0.0694. The number of benzene rings is 1. The van der Waals surface area contributed by atoms with Crippen molar-refractivity contribution in [2.75, 3.05) is 0 Å². The number of nitrogens with zero attached hydrogens (tertiary/aromatic N) is 3. The number of carbonyl (C=O) groups excluding carboxylic acids is 1. The number of nitrogens with two attached hydrogens (primary N) is 1. The number of primary amides is 1. The molecule has 12 heteroatoms. The molecule has 3 rings (SSSR count). The summed E-state index contributed by atoms with van der Waals surface area (Å²) in [7, 11) is 0. The summed E-state index contributed by atoms with van der Waals surface area (Å²) in [6.07, 6.45) is 1.88. The minimum atomic E-state index is -4.45. The average Bonchev–Trinajstić information content (AvgIpc) is 2.89. The lowest BCUT2D eigenvalue weighted by atomic mass is 10.2. The Hall–Kier alpha value is -3.41. The number of aromatic nitrogens is 3. The van der Waals surface area contributed by atoms with Gasteiger partial charge in [0, 0.05) is 17.3 Å². The van der Waals surface area contributed by atoms with E-state index in [9.17, 15) is 27.9 Å². The highest BCUT2D eigenvalue weighted by Crippen LogP contribution is 2.37. The van der Waals surface area contributed by atoms with Crippen molar-refractivity contribution in [1.29, 1.82) is 0 Å². The molecule has 158 valence electrons. The van der Waals surface area contributed by atoms with Gasteiger partial charge in [-0.05, 0) is 60.6 Å². The fraction of sp³-hybridized carbons (Fsp3) is 0.167. The van der Waals surface area contributed by atoms with Crippen molar-refractivity contribution >= 4 is 17.8 Å². The first-order valence-corrected chi connectivity index (χ1v) is 9.25. The van der Waals surface area contributed by atoms with Crippen LogP contribution in [0.2, 0.25) is 0 Å². The first kappa shape index (κ1) is 21.3. The SMILES string of the molecule is Cc1c(O)n(-c2ccc(SC(F)(F)F)cc2)c(=O)n1C(NC(N)=O)c1ccncc1. The standard InChI is InChI=1S/C18H16F3N5O3S/c1-10-15(27)26(12-2-4-13(5-3-12)30-18(19,20)21)17(29)25(10)14(24-16(22)28)11-6-8-23-9-7-11/h2-9,14,27H,1H3,(H3,22,24,28). The minimum Gasteiger partial charge on any atom is -0.493 e. The number of aromatic hydroxyl groups is 1. The van der Waals surface area contributed by atoms with Gasteiger partial charge in [-0.1, -0.05) is 0 Å². The van der Waals surface area contributed by atoms with Crippen molar-refractivity contribution in [3.63, 3.8) is 0 Å². The van der Waals surface area contributed by atoms with Gasteiger partial charge in [-0.15, -0.1) is 0 Å². The zero-order valence-corrected chi connectivity index (χ0v) is 16.2. The van der Waals surface area contributed by atoms with Gasteiger partial charge in [0.15, 0.2) is 0 Å². The summed E-state index contributed by atoms with van der Waals surface area (Å²) < 4.78 is 39.6. The van der Waals surface area contributed by atoms with Crippen LogP contribution in [-0.4, -0.2) is 30.8 Å². The van der Waals surface area contributed by atoms with Gasteiger partial charge >= 0.3 is 17.2 Å². The molecule has 1 atom stereocenters. The van der Waals surface area contributed by atoms with Crippen molar-refractivity contribution in [3.05, 3.63) is 70.5 Å². The molecule has 2 aromatic heterocycles. The van der Waals surface area contributed by atoms with Gasteiger partial charge in [-0.25, -0.2) is 14.2 Å². The Morgan fingerprint density at radius 1 is 1.20 bits per heavy atom. The molecular formula is C18H16F3N5O3S. The van der Waals surface area contributed by atoms with Crippen LogP contribution in [0.3, 0.4) is 0 Å². The van der Waals surface area contributed by atoms with E-state index < -0.39 is 29.3 Å². The molecule has 4 N–H and O–H groups in total. The second-order valence-electron chi connectivity index (χ2n) is 6.13. The van der Waals surface area contributed by atoms with Crippen LogP contribution in [0.5, 0.6) is 5.88 Å². The molecule has 0 aliphatic heterocycles. The van der Waals surface area contributed by atoms with Crippen molar-refractivity contribution in [2.45, 2.75) is 23.5 Å². The predicted octanol–water partition coefficient (Wildman–Crippen LogP) is 2.88. The number of imidazole rings is 1. The van der Waals surface area contributed by atoms with Crippen molar-refractivity contribution in [1.82, 2.24) is 19.4 Å². The second-order valence-corrected chi connectivity index (χ2v) is 7.27. The molecule has 0 fully saturated rings. The number of thioether (sulfide) groups is 1. The summed E-state index contributed by atoms with van der Waals surface area (Å²) in [4.78, 5) is 28.4. The third-order valence-corrected chi connectivity index (χ3v) is 4.92. The van der Waals surface area contributed by atoms with E-state index in [1.54, 1.807) is 12.1 Å². The summed E-state index contributed by atoms with van der Waals surface area (Å²) in [6.45, 7) is 1.46. The molecule has 1 aromatic carbocycles. The van der Waals surface area contributed by atoms with E-state index in [2.05, 4.69) is 10.3 Å². The van der Waals surface area contributed by atoms with E-state index >= 15 is 0 Å². The molecule has 2 heterocycles.